The van der Waals surface area contributed by atoms with Crippen LogP contribution in [0.5, 0.6) is 0 Å². The van der Waals surface area contributed by atoms with Crippen molar-refractivity contribution >= 4 is 23.9 Å². The largest absolute Gasteiger partial charge is 0.481 e. The minimum absolute atomic E-state index is 0.00761. The highest BCUT2D eigenvalue weighted by Gasteiger charge is 2.57. The molecule has 0 spiro atoms. The molecule has 8 nitrogen and oxygen atoms in total. The maximum absolute atomic E-state index is 12.3. The zero-order valence-corrected chi connectivity index (χ0v) is 17.1. The van der Waals surface area contributed by atoms with Crippen LogP contribution in [0.2, 0.25) is 0 Å². The third-order valence-electron chi connectivity index (χ3n) is 7.10. The molecule has 0 aromatic carbocycles. The number of carbonyl (C=O) groups is 4. The van der Waals surface area contributed by atoms with Crippen molar-refractivity contribution in [1.29, 1.82) is 0 Å². The molecule has 2 saturated carbocycles. The first-order valence-electron chi connectivity index (χ1n) is 10.3. The van der Waals surface area contributed by atoms with E-state index in [1.54, 1.807) is 13.8 Å². The van der Waals surface area contributed by atoms with E-state index in [1.807, 2.05) is 0 Å². The second-order valence-electron chi connectivity index (χ2n) is 9.71. The number of carboxylic acids is 4. The predicted octanol–water partition coefficient (Wildman–Crippen LogP) is 3.48. The molecule has 0 heterocycles. The van der Waals surface area contributed by atoms with Gasteiger partial charge in [0, 0.05) is 0 Å². The van der Waals surface area contributed by atoms with Crippen molar-refractivity contribution in [3.8, 4) is 0 Å². The van der Waals surface area contributed by atoms with Crippen LogP contribution in [-0.2, 0) is 19.2 Å². The summed E-state index contributed by atoms with van der Waals surface area (Å²) in [5.41, 5.74) is -3.80. The van der Waals surface area contributed by atoms with Crippen LogP contribution in [-0.4, -0.2) is 44.3 Å². The van der Waals surface area contributed by atoms with Gasteiger partial charge in [-0.25, -0.2) is 0 Å². The van der Waals surface area contributed by atoms with E-state index in [4.69, 9.17) is 0 Å². The van der Waals surface area contributed by atoms with Crippen molar-refractivity contribution in [3.63, 3.8) is 0 Å². The topological polar surface area (TPSA) is 149 Å². The second-order valence-corrected chi connectivity index (χ2v) is 9.71. The number of aliphatic carboxylic acids is 4. The lowest BCUT2D eigenvalue weighted by Gasteiger charge is -2.47. The Kier molecular flexibility index (Phi) is 6.65. The minimum Gasteiger partial charge on any atom is -0.481 e. The van der Waals surface area contributed by atoms with Crippen LogP contribution in [0, 0.1) is 28.1 Å². The molecule has 2 aliphatic rings. The molecule has 2 fully saturated rings. The molecule has 2 aliphatic carbocycles. The summed E-state index contributed by atoms with van der Waals surface area (Å²) in [4.78, 5) is 48.2. The van der Waals surface area contributed by atoms with Gasteiger partial charge < -0.3 is 20.4 Å². The zero-order chi connectivity index (χ0) is 22.0. The lowest BCUT2D eigenvalue weighted by atomic mass is 9.54. The molecule has 0 radical (unpaired) electrons. The molecule has 2 rings (SSSR count). The minimum atomic E-state index is -1.47. The third-order valence-corrected chi connectivity index (χ3v) is 7.10. The summed E-state index contributed by atoms with van der Waals surface area (Å²) in [7, 11) is 0. The summed E-state index contributed by atoms with van der Waals surface area (Å²) >= 11 is 0. The molecule has 0 saturated heterocycles. The van der Waals surface area contributed by atoms with Crippen LogP contribution in [0.25, 0.3) is 0 Å². The van der Waals surface area contributed by atoms with E-state index in [-0.39, 0.29) is 38.5 Å². The Bertz CT molecular complexity index is 628. The highest BCUT2D eigenvalue weighted by molar-refractivity contribution is 5.85. The van der Waals surface area contributed by atoms with Gasteiger partial charge in [0.05, 0.1) is 22.7 Å². The van der Waals surface area contributed by atoms with Gasteiger partial charge in [-0.3, -0.25) is 19.2 Å². The molecule has 0 bridgehead atoms. The van der Waals surface area contributed by atoms with E-state index < -0.39 is 52.0 Å². The Morgan fingerprint density at radius 1 is 0.724 bits per heavy atom. The summed E-state index contributed by atoms with van der Waals surface area (Å²) in [6.45, 7) is 3.48. The summed E-state index contributed by atoms with van der Waals surface area (Å²) in [5.74, 6) is -6.68. The summed E-state index contributed by atoms with van der Waals surface area (Å²) < 4.78 is 0. The van der Waals surface area contributed by atoms with Crippen LogP contribution >= 0.6 is 0 Å². The fourth-order valence-electron chi connectivity index (χ4n) is 6.06. The number of hydrogen-bond donors (Lipinski definition) is 4. The SMILES string of the molecule is CC(C)(CC1(C(=O)O)CCCCC1C(=O)O)CC1(C(=O)O)CCCCC1C(=O)O. The van der Waals surface area contributed by atoms with Gasteiger partial charge >= 0.3 is 23.9 Å². The highest BCUT2D eigenvalue weighted by atomic mass is 16.4. The smallest absolute Gasteiger partial charge is 0.310 e. The van der Waals surface area contributed by atoms with E-state index in [0.29, 0.717) is 25.7 Å². The molecule has 0 amide bonds. The molecule has 0 aromatic heterocycles. The van der Waals surface area contributed by atoms with Crippen LogP contribution in [0.1, 0.15) is 78.1 Å². The monoisotopic (exact) mass is 412 g/mol. The fourth-order valence-corrected chi connectivity index (χ4v) is 6.06. The lowest BCUT2D eigenvalue weighted by Crippen LogP contribution is -2.51. The van der Waals surface area contributed by atoms with E-state index in [0.717, 1.165) is 0 Å². The van der Waals surface area contributed by atoms with Gasteiger partial charge in [0.25, 0.3) is 0 Å². The van der Waals surface area contributed by atoms with Crippen molar-refractivity contribution in [3.05, 3.63) is 0 Å². The Labute approximate surface area is 170 Å². The van der Waals surface area contributed by atoms with Crippen LogP contribution < -0.4 is 0 Å². The van der Waals surface area contributed by atoms with E-state index in [9.17, 15) is 39.6 Å². The molecule has 4 unspecified atom stereocenters. The van der Waals surface area contributed by atoms with Crippen molar-refractivity contribution in [2.45, 2.75) is 78.1 Å². The van der Waals surface area contributed by atoms with Gasteiger partial charge in [0.2, 0.25) is 0 Å². The normalized spacial score (nSPS) is 33.0. The predicted molar refractivity (Wildman–Crippen MR) is 102 cm³/mol. The average Bonchev–Trinajstić information content (AvgIpc) is 2.60. The molecule has 0 aromatic rings. The van der Waals surface area contributed by atoms with Crippen molar-refractivity contribution in [2.24, 2.45) is 28.1 Å². The Hall–Kier alpha value is -2.12. The maximum atomic E-state index is 12.3. The fraction of sp³-hybridized carbons (Fsp3) is 0.810. The molecular weight excluding hydrogens is 380 g/mol. The Balaban J connectivity index is 2.41. The molecular formula is C21H32O8. The van der Waals surface area contributed by atoms with Crippen molar-refractivity contribution in [2.75, 3.05) is 0 Å². The lowest BCUT2D eigenvalue weighted by molar-refractivity contribution is -0.174. The van der Waals surface area contributed by atoms with Crippen molar-refractivity contribution < 1.29 is 39.6 Å². The zero-order valence-electron chi connectivity index (χ0n) is 17.1. The molecule has 8 heteroatoms. The van der Waals surface area contributed by atoms with Gasteiger partial charge in [-0.1, -0.05) is 39.5 Å². The first-order valence-corrected chi connectivity index (χ1v) is 10.3. The summed E-state index contributed by atoms with van der Waals surface area (Å²) in [5, 5.41) is 39.4. The quantitative estimate of drug-likeness (QED) is 0.473. The van der Waals surface area contributed by atoms with Gasteiger partial charge in [0.15, 0.2) is 0 Å². The van der Waals surface area contributed by atoms with Crippen LogP contribution in [0.3, 0.4) is 0 Å². The molecule has 4 atom stereocenters. The van der Waals surface area contributed by atoms with Gasteiger partial charge in [-0.05, 0) is 43.9 Å². The molecule has 164 valence electrons. The second kappa shape index (κ2) is 8.32. The third kappa shape index (κ3) is 4.41. The van der Waals surface area contributed by atoms with E-state index in [1.165, 1.54) is 0 Å². The van der Waals surface area contributed by atoms with Crippen LogP contribution in [0.15, 0.2) is 0 Å². The van der Waals surface area contributed by atoms with Crippen LogP contribution in [0.4, 0.5) is 0 Å². The first-order chi connectivity index (χ1) is 13.4. The summed E-state index contributed by atoms with van der Waals surface area (Å²) in [6.07, 6.45) is 3.53. The van der Waals surface area contributed by atoms with Gasteiger partial charge in [-0.15, -0.1) is 0 Å². The number of rotatable bonds is 8. The average molecular weight is 412 g/mol. The highest BCUT2D eigenvalue weighted by Crippen LogP contribution is 2.55. The number of hydrogen-bond acceptors (Lipinski definition) is 4. The standard InChI is InChI=1S/C21H32O8/c1-19(2,11-20(17(26)27)9-5-3-7-13(20)15(22)23)12-21(18(28)29)10-6-4-8-14(21)16(24)25/h13-14H,3-12H2,1-2H3,(H,22,23)(H,24,25)(H,26,27)(H,28,29). The maximum Gasteiger partial charge on any atom is 0.310 e. The van der Waals surface area contributed by atoms with Crippen molar-refractivity contribution in [1.82, 2.24) is 0 Å². The van der Waals surface area contributed by atoms with E-state index in [2.05, 4.69) is 0 Å². The Morgan fingerprint density at radius 2 is 1.07 bits per heavy atom. The Morgan fingerprint density at radius 3 is 1.34 bits per heavy atom. The number of carboxylic acid groups (broad SMARTS) is 4. The molecule has 4 N–H and O–H groups in total. The first kappa shape index (κ1) is 23.2. The van der Waals surface area contributed by atoms with Gasteiger partial charge in [-0.2, -0.15) is 0 Å². The molecule has 0 aliphatic heterocycles. The van der Waals surface area contributed by atoms with E-state index >= 15 is 0 Å². The van der Waals surface area contributed by atoms with Gasteiger partial charge in [0.1, 0.15) is 0 Å². The molecule has 29 heavy (non-hydrogen) atoms. The summed E-state index contributed by atoms with van der Waals surface area (Å²) in [6, 6.07) is 0.